The van der Waals surface area contributed by atoms with Crippen molar-refractivity contribution in [2.24, 2.45) is 0 Å². The van der Waals surface area contributed by atoms with Gasteiger partial charge in [0.1, 0.15) is 5.75 Å². The first-order valence-electron chi connectivity index (χ1n) is 8.53. The standard InChI is InChI=1S/C20H20BrN3O3/c1-12-6-4-9-17(13(12)2)26-14(3)20(25)22-11-18-23-19(24-27-18)15-7-5-8-16(21)10-15/h4-10,14H,11H2,1-3H3,(H,22,25)/t14-/m0/s1. The average molecular weight is 430 g/mol. The summed E-state index contributed by atoms with van der Waals surface area (Å²) < 4.78 is 11.9. The van der Waals surface area contributed by atoms with Crippen LogP contribution in [0.3, 0.4) is 0 Å². The summed E-state index contributed by atoms with van der Waals surface area (Å²) in [5.41, 5.74) is 2.97. The van der Waals surface area contributed by atoms with Gasteiger partial charge in [0.05, 0.1) is 6.54 Å². The number of aryl methyl sites for hydroxylation is 1. The van der Waals surface area contributed by atoms with Gasteiger partial charge in [-0.1, -0.05) is 45.4 Å². The van der Waals surface area contributed by atoms with Crippen LogP contribution in [-0.4, -0.2) is 22.2 Å². The van der Waals surface area contributed by atoms with Crippen LogP contribution in [-0.2, 0) is 11.3 Å². The van der Waals surface area contributed by atoms with Gasteiger partial charge in [-0.3, -0.25) is 4.79 Å². The van der Waals surface area contributed by atoms with Gasteiger partial charge in [-0.2, -0.15) is 4.98 Å². The summed E-state index contributed by atoms with van der Waals surface area (Å²) in [5, 5.41) is 6.71. The molecule has 0 radical (unpaired) electrons. The molecule has 3 rings (SSSR count). The molecule has 1 amide bonds. The number of nitrogens with zero attached hydrogens (tertiary/aromatic N) is 2. The number of carbonyl (C=O) groups excluding carboxylic acids is 1. The molecule has 0 bridgehead atoms. The lowest BCUT2D eigenvalue weighted by atomic mass is 10.1. The number of aromatic nitrogens is 2. The number of ether oxygens (including phenoxy) is 1. The Morgan fingerprint density at radius 2 is 2.04 bits per heavy atom. The van der Waals surface area contributed by atoms with Gasteiger partial charge in [0, 0.05) is 10.0 Å². The molecular formula is C20H20BrN3O3. The fraction of sp³-hybridized carbons (Fsp3) is 0.250. The first kappa shape index (κ1) is 19.1. The van der Waals surface area contributed by atoms with Crippen LogP contribution in [0.1, 0.15) is 23.9 Å². The van der Waals surface area contributed by atoms with E-state index in [1.807, 2.05) is 56.3 Å². The molecule has 0 unspecified atom stereocenters. The quantitative estimate of drug-likeness (QED) is 0.635. The predicted octanol–water partition coefficient (Wildman–Crippen LogP) is 4.20. The van der Waals surface area contributed by atoms with E-state index in [2.05, 4.69) is 31.4 Å². The molecule has 1 heterocycles. The second-order valence-corrected chi connectivity index (χ2v) is 7.11. The van der Waals surface area contributed by atoms with E-state index >= 15 is 0 Å². The molecule has 140 valence electrons. The van der Waals surface area contributed by atoms with Crippen LogP contribution in [0.15, 0.2) is 51.5 Å². The van der Waals surface area contributed by atoms with Crippen molar-refractivity contribution < 1.29 is 14.1 Å². The molecule has 3 aromatic rings. The van der Waals surface area contributed by atoms with Gasteiger partial charge in [-0.25, -0.2) is 0 Å². The Kier molecular flexibility index (Phi) is 5.91. The number of amides is 1. The molecule has 0 saturated carbocycles. The second kappa shape index (κ2) is 8.35. The van der Waals surface area contributed by atoms with Gasteiger partial charge in [0.25, 0.3) is 5.91 Å². The van der Waals surface area contributed by atoms with Crippen LogP contribution in [0.2, 0.25) is 0 Å². The highest BCUT2D eigenvalue weighted by Crippen LogP contribution is 2.22. The van der Waals surface area contributed by atoms with Crippen LogP contribution < -0.4 is 10.1 Å². The number of hydrogen-bond donors (Lipinski definition) is 1. The van der Waals surface area contributed by atoms with Crippen molar-refractivity contribution in [3.8, 4) is 17.1 Å². The maximum Gasteiger partial charge on any atom is 0.261 e. The summed E-state index contributed by atoms with van der Waals surface area (Å²) in [6.07, 6.45) is -0.641. The predicted molar refractivity (Wildman–Crippen MR) is 105 cm³/mol. The number of halogens is 1. The minimum atomic E-state index is -0.641. The Hall–Kier alpha value is -2.67. The Balaban J connectivity index is 1.58. The summed E-state index contributed by atoms with van der Waals surface area (Å²) in [4.78, 5) is 16.6. The molecule has 27 heavy (non-hydrogen) atoms. The molecule has 1 N–H and O–H groups in total. The average Bonchev–Trinajstić information content (AvgIpc) is 3.12. The van der Waals surface area contributed by atoms with E-state index in [4.69, 9.17) is 9.26 Å². The number of nitrogens with one attached hydrogen (secondary N) is 1. The van der Waals surface area contributed by atoms with Crippen molar-refractivity contribution in [1.82, 2.24) is 15.5 Å². The van der Waals surface area contributed by atoms with Crippen LogP contribution in [0.5, 0.6) is 5.75 Å². The fourth-order valence-electron chi connectivity index (χ4n) is 2.47. The number of hydrogen-bond acceptors (Lipinski definition) is 5. The molecular weight excluding hydrogens is 410 g/mol. The summed E-state index contributed by atoms with van der Waals surface area (Å²) in [6, 6.07) is 13.4. The highest BCUT2D eigenvalue weighted by Gasteiger charge is 2.17. The summed E-state index contributed by atoms with van der Waals surface area (Å²) in [6.45, 7) is 5.82. The highest BCUT2D eigenvalue weighted by atomic mass is 79.9. The monoisotopic (exact) mass is 429 g/mol. The summed E-state index contributed by atoms with van der Waals surface area (Å²) >= 11 is 3.41. The third-order valence-corrected chi connectivity index (χ3v) is 4.69. The van der Waals surface area contributed by atoms with Gasteiger partial charge in [0.2, 0.25) is 11.7 Å². The molecule has 0 fully saturated rings. The van der Waals surface area contributed by atoms with Crippen molar-refractivity contribution in [3.05, 3.63) is 64.0 Å². The maximum absolute atomic E-state index is 12.3. The van der Waals surface area contributed by atoms with Crippen LogP contribution in [0, 0.1) is 13.8 Å². The second-order valence-electron chi connectivity index (χ2n) is 6.20. The van der Waals surface area contributed by atoms with E-state index < -0.39 is 6.10 Å². The van der Waals surface area contributed by atoms with E-state index in [0.29, 0.717) is 17.5 Å². The molecule has 7 heteroatoms. The molecule has 0 aliphatic carbocycles. The van der Waals surface area contributed by atoms with E-state index in [9.17, 15) is 4.79 Å². The Morgan fingerprint density at radius 1 is 1.26 bits per heavy atom. The molecule has 0 aliphatic heterocycles. The van der Waals surface area contributed by atoms with Crippen LogP contribution in [0.4, 0.5) is 0 Å². The number of rotatable bonds is 6. The SMILES string of the molecule is Cc1cccc(O[C@@H](C)C(=O)NCc2nc(-c3cccc(Br)c3)no2)c1C. The summed E-state index contributed by atoms with van der Waals surface area (Å²) in [7, 11) is 0. The van der Waals surface area contributed by atoms with E-state index in [-0.39, 0.29) is 12.5 Å². The van der Waals surface area contributed by atoms with E-state index in [0.717, 1.165) is 21.2 Å². The van der Waals surface area contributed by atoms with E-state index in [1.165, 1.54) is 0 Å². The minimum Gasteiger partial charge on any atom is -0.481 e. The smallest absolute Gasteiger partial charge is 0.261 e. The highest BCUT2D eigenvalue weighted by molar-refractivity contribution is 9.10. The Bertz CT molecular complexity index is 955. The van der Waals surface area contributed by atoms with Crippen LogP contribution >= 0.6 is 15.9 Å². The lowest BCUT2D eigenvalue weighted by Crippen LogP contribution is -2.36. The van der Waals surface area contributed by atoms with Crippen molar-refractivity contribution in [1.29, 1.82) is 0 Å². The first-order chi connectivity index (χ1) is 12.9. The van der Waals surface area contributed by atoms with Crippen LogP contribution in [0.25, 0.3) is 11.4 Å². The van der Waals surface area contributed by atoms with Crippen molar-refractivity contribution in [3.63, 3.8) is 0 Å². The van der Waals surface area contributed by atoms with Crippen molar-refractivity contribution in [2.75, 3.05) is 0 Å². The van der Waals surface area contributed by atoms with Gasteiger partial charge in [0.15, 0.2) is 6.10 Å². The molecule has 0 aliphatic rings. The first-order valence-corrected chi connectivity index (χ1v) is 9.32. The Labute approximate surface area is 166 Å². The van der Waals surface area contributed by atoms with Gasteiger partial charge in [-0.05, 0) is 50.1 Å². The van der Waals surface area contributed by atoms with Crippen molar-refractivity contribution >= 4 is 21.8 Å². The fourth-order valence-corrected chi connectivity index (χ4v) is 2.87. The van der Waals surface area contributed by atoms with E-state index in [1.54, 1.807) is 6.92 Å². The number of carbonyl (C=O) groups is 1. The summed E-state index contributed by atoms with van der Waals surface area (Å²) in [5.74, 6) is 1.25. The zero-order valence-corrected chi connectivity index (χ0v) is 16.9. The lowest BCUT2D eigenvalue weighted by Gasteiger charge is -2.16. The van der Waals surface area contributed by atoms with Gasteiger partial charge in [-0.15, -0.1) is 0 Å². The number of benzene rings is 2. The normalized spacial score (nSPS) is 11.9. The lowest BCUT2D eigenvalue weighted by molar-refractivity contribution is -0.127. The molecule has 1 aromatic heterocycles. The zero-order valence-electron chi connectivity index (χ0n) is 15.3. The van der Waals surface area contributed by atoms with Crippen molar-refractivity contribution in [2.45, 2.75) is 33.4 Å². The molecule has 2 aromatic carbocycles. The van der Waals surface area contributed by atoms with Gasteiger partial charge < -0.3 is 14.6 Å². The van der Waals surface area contributed by atoms with Gasteiger partial charge >= 0.3 is 0 Å². The minimum absolute atomic E-state index is 0.139. The topological polar surface area (TPSA) is 77.2 Å². The third kappa shape index (κ3) is 4.74. The molecule has 0 spiro atoms. The maximum atomic E-state index is 12.3. The Morgan fingerprint density at radius 3 is 2.81 bits per heavy atom. The zero-order chi connectivity index (χ0) is 19.4. The molecule has 6 nitrogen and oxygen atoms in total. The largest absolute Gasteiger partial charge is 0.481 e. The molecule has 0 saturated heterocycles. The third-order valence-electron chi connectivity index (χ3n) is 4.19. The molecule has 1 atom stereocenters.